The van der Waals surface area contributed by atoms with Crippen molar-refractivity contribution in [1.82, 2.24) is 29.5 Å². The fourth-order valence-corrected chi connectivity index (χ4v) is 2.98. The Morgan fingerprint density at radius 3 is 3.00 bits per heavy atom. The molecule has 1 saturated carbocycles. The molecule has 3 N–H and O–H groups in total. The van der Waals surface area contributed by atoms with E-state index in [1.807, 2.05) is 4.40 Å². The largest absolute Gasteiger partial charge is 0.340 e. The highest BCUT2D eigenvalue weighted by Gasteiger charge is 2.28. The van der Waals surface area contributed by atoms with Gasteiger partial charge in [-0.3, -0.25) is 4.40 Å². The third-order valence-electron chi connectivity index (χ3n) is 4.01. The standard InChI is InChI=1S/C12H15N7/c13-8-4-2-1-3-7(8)11-17-18-12-9-10(15-5-14-9)16-6-19(11)12/h5-8H,1-4,13H2,(H,14,15). The summed E-state index contributed by atoms with van der Waals surface area (Å²) < 4.78 is 1.94. The van der Waals surface area contributed by atoms with Crippen LogP contribution < -0.4 is 5.73 Å². The first kappa shape index (κ1) is 10.9. The van der Waals surface area contributed by atoms with E-state index in [-0.39, 0.29) is 12.0 Å². The van der Waals surface area contributed by atoms with Gasteiger partial charge in [-0.05, 0) is 12.8 Å². The van der Waals surface area contributed by atoms with E-state index in [1.165, 1.54) is 12.8 Å². The first-order valence-electron chi connectivity index (χ1n) is 6.63. The molecule has 1 aliphatic rings. The number of H-pyrrole nitrogens is 1. The van der Waals surface area contributed by atoms with Crippen molar-refractivity contribution in [2.45, 2.75) is 37.6 Å². The molecule has 4 rings (SSSR count). The van der Waals surface area contributed by atoms with Crippen molar-refractivity contribution >= 4 is 16.8 Å². The molecule has 1 aliphatic carbocycles. The van der Waals surface area contributed by atoms with Gasteiger partial charge in [0.1, 0.15) is 17.7 Å². The van der Waals surface area contributed by atoms with Crippen molar-refractivity contribution in [3.05, 3.63) is 18.5 Å². The van der Waals surface area contributed by atoms with Gasteiger partial charge in [0.25, 0.3) is 0 Å². The van der Waals surface area contributed by atoms with Crippen molar-refractivity contribution < 1.29 is 0 Å². The predicted molar refractivity (Wildman–Crippen MR) is 69.6 cm³/mol. The zero-order chi connectivity index (χ0) is 12.8. The summed E-state index contributed by atoms with van der Waals surface area (Å²) in [5.41, 5.74) is 8.50. The Bertz CT molecular complexity index is 728. The third-order valence-corrected chi connectivity index (χ3v) is 4.01. The summed E-state index contributed by atoms with van der Waals surface area (Å²) in [5.74, 6) is 1.19. The first-order valence-corrected chi connectivity index (χ1v) is 6.63. The molecule has 3 heterocycles. The number of imidazole rings is 1. The highest BCUT2D eigenvalue weighted by Crippen LogP contribution is 2.31. The van der Waals surface area contributed by atoms with Gasteiger partial charge in [0, 0.05) is 12.0 Å². The number of hydrogen-bond acceptors (Lipinski definition) is 5. The van der Waals surface area contributed by atoms with Crippen LogP contribution in [0.15, 0.2) is 12.7 Å². The van der Waals surface area contributed by atoms with Gasteiger partial charge < -0.3 is 10.7 Å². The van der Waals surface area contributed by atoms with Gasteiger partial charge in [-0.15, -0.1) is 10.2 Å². The van der Waals surface area contributed by atoms with Crippen LogP contribution in [0.25, 0.3) is 16.8 Å². The smallest absolute Gasteiger partial charge is 0.189 e. The number of fused-ring (bicyclic) bond motifs is 3. The molecule has 0 bridgehead atoms. The molecule has 1 fully saturated rings. The maximum atomic E-state index is 6.23. The lowest BCUT2D eigenvalue weighted by atomic mass is 9.84. The van der Waals surface area contributed by atoms with Gasteiger partial charge in [-0.1, -0.05) is 12.8 Å². The Morgan fingerprint density at radius 1 is 1.21 bits per heavy atom. The molecule has 0 aromatic carbocycles. The summed E-state index contributed by atoms with van der Waals surface area (Å²) in [4.78, 5) is 11.5. The van der Waals surface area contributed by atoms with Crippen molar-refractivity contribution in [3.63, 3.8) is 0 Å². The summed E-state index contributed by atoms with van der Waals surface area (Å²) in [5, 5.41) is 8.62. The number of aromatic amines is 1. The Balaban J connectivity index is 1.90. The van der Waals surface area contributed by atoms with E-state index in [0.29, 0.717) is 5.65 Å². The second-order valence-corrected chi connectivity index (χ2v) is 5.15. The summed E-state index contributed by atoms with van der Waals surface area (Å²) in [6.45, 7) is 0. The van der Waals surface area contributed by atoms with E-state index in [9.17, 15) is 0 Å². The van der Waals surface area contributed by atoms with Crippen LogP contribution >= 0.6 is 0 Å². The molecule has 7 nitrogen and oxygen atoms in total. The Morgan fingerprint density at radius 2 is 2.11 bits per heavy atom. The van der Waals surface area contributed by atoms with E-state index in [2.05, 4.69) is 25.1 Å². The minimum absolute atomic E-state index is 0.165. The molecule has 0 amide bonds. The van der Waals surface area contributed by atoms with Crippen LogP contribution in [0.3, 0.4) is 0 Å². The van der Waals surface area contributed by atoms with Gasteiger partial charge in [0.15, 0.2) is 11.3 Å². The number of rotatable bonds is 1. The van der Waals surface area contributed by atoms with Gasteiger partial charge in [0.05, 0.1) is 6.33 Å². The number of nitrogens with two attached hydrogens (primary N) is 1. The second-order valence-electron chi connectivity index (χ2n) is 5.15. The first-order chi connectivity index (χ1) is 9.34. The average Bonchev–Trinajstić information content (AvgIpc) is 3.04. The van der Waals surface area contributed by atoms with Crippen LogP contribution in [0, 0.1) is 0 Å². The zero-order valence-electron chi connectivity index (χ0n) is 10.5. The molecular weight excluding hydrogens is 242 g/mol. The molecule has 19 heavy (non-hydrogen) atoms. The maximum Gasteiger partial charge on any atom is 0.189 e. The molecular formula is C12H15N7. The number of hydrogen-bond donors (Lipinski definition) is 2. The lowest BCUT2D eigenvalue weighted by Gasteiger charge is -2.26. The molecule has 2 unspecified atom stereocenters. The minimum atomic E-state index is 0.165. The summed E-state index contributed by atoms with van der Waals surface area (Å²) in [7, 11) is 0. The molecule has 98 valence electrons. The van der Waals surface area contributed by atoms with E-state index in [0.717, 1.165) is 29.8 Å². The number of nitrogens with one attached hydrogen (secondary N) is 1. The predicted octanol–water partition coefficient (Wildman–Crippen LogP) is 0.985. The zero-order valence-corrected chi connectivity index (χ0v) is 10.5. The molecule has 3 aromatic heterocycles. The van der Waals surface area contributed by atoms with Crippen molar-refractivity contribution in [3.8, 4) is 0 Å². The molecule has 7 heteroatoms. The number of aromatic nitrogens is 6. The summed E-state index contributed by atoms with van der Waals surface area (Å²) in [6, 6.07) is 0.165. The summed E-state index contributed by atoms with van der Waals surface area (Å²) in [6.07, 6.45) is 7.90. The van der Waals surface area contributed by atoms with Gasteiger partial charge in [-0.25, -0.2) is 9.97 Å². The normalized spacial score (nSPS) is 24.3. The van der Waals surface area contributed by atoms with Crippen LogP contribution in [0.1, 0.15) is 37.4 Å². The minimum Gasteiger partial charge on any atom is -0.340 e. The van der Waals surface area contributed by atoms with Gasteiger partial charge in [-0.2, -0.15) is 0 Å². The highest BCUT2D eigenvalue weighted by molar-refractivity contribution is 5.84. The monoisotopic (exact) mass is 257 g/mol. The molecule has 0 spiro atoms. The quantitative estimate of drug-likeness (QED) is 0.677. The molecule has 0 aliphatic heterocycles. The topological polar surface area (TPSA) is 97.8 Å². The van der Waals surface area contributed by atoms with Gasteiger partial charge >= 0.3 is 0 Å². The van der Waals surface area contributed by atoms with Crippen LogP contribution in [0.4, 0.5) is 0 Å². The lowest BCUT2D eigenvalue weighted by Crippen LogP contribution is -2.32. The third kappa shape index (κ3) is 1.54. The lowest BCUT2D eigenvalue weighted by molar-refractivity contribution is 0.371. The average molecular weight is 257 g/mol. The maximum absolute atomic E-state index is 6.23. The Kier molecular flexibility index (Phi) is 2.28. The van der Waals surface area contributed by atoms with Crippen LogP contribution in [-0.2, 0) is 0 Å². The fourth-order valence-electron chi connectivity index (χ4n) is 2.98. The van der Waals surface area contributed by atoms with E-state index >= 15 is 0 Å². The van der Waals surface area contributed by atoms with Crippen LogP contribution in [-0.4, -0.2) is 35.6 Å². The molecule has 2 atom stereocenters. The Labute approximate surface area is 109 Å². The van der Waals surface area contributed by atoms with Crippen LogP contribution in [0.2, 0.25) is 0 Å². The number of nitrogens with zero attached hydrogens (tertiary/aromatic N) is 5. The van der Waals surface area contributed by atoms with Crippen molar-refractivity contribution in [1.29, 1.82) is 0 Å². The Hall–Kier alpha value is -2.02. The van der Waals surface area contributed by atoms with Crippen molar-refractivity contribution in [2.75, 3.05) is 0 Å². The van der Waals surface area contributed by atoms with Crippen LogP contribution in [0.5, 0.6) is 0 Å². The fraction of sp³-hybridized carbons (Fsp3) is 0.500. The molecule has 0 radical (unpaired) electrons. The molecule has 3 aromatic rings. The highest BCUT2D eigenvalue weighted by atomic mass is 15.3. The van der Waals surface area contributed by atoms with E-state index < -0.39 is 0 Å². The van der Waals surface area contributed by atoms with E-state index in [1.54, 1.807) is 12.7 Å². The second kappa shape index (κ2) is 3.99. The summed E-state index contributed by atoms with van der Waals surface area (Å²) >= 11 is 0. The van der Waals surface area contributed by atoms with Crippen molar-refractivity contribution in [2.24, 2.45) is 5.73 Å². The SMILES string of the molecule is NC1CCCCC1c1nnc2c3[nH]cnc3ncn12. The van der Waals surface area contributed by atoms with Gasteiger partial charge in [0.2, 0.25) is 0 Å². The molecule has 0 saturated heterocycles. The van der Waals surface area contributed by atoms with E-state index in [4.69, 9.17) is 5.73 Å².